The predicted octanol–water partition coefficient (Wildman–Crippen LogP) is 2.87. The Balaban J connectivity index is 2.17. The number of fused-ring (bicyclic) bond motifs is 1. The van der Waals surface area contributed by atoms with Gasteiger partial charge in [-0.3, -0.25) is 9.59 Å². The molecule has 1 aromatic carbocycles. The van der Waals surface area contributed by atoms with Gasteiger partial charge in [0.1, 0.15) is 5.41 Å². The Labute approximate surface area is 162 Å². The van der Waals surface area contributed by atoms with Gasteiger partial charge in [0.15, 0.2) is 11.5 Å². The fourth-order valence-corrected chi connectivity index (χ4v) is 3.52. The Bertz CT molecular complexity index is 700. The maximum Gasteiger partial charge on any atom is 0.238 e. The maximum atomic E-state index is 13.1. The van der Waals surface area contributed by atoms with Gasteiger partial charge in [-0.25, -0.2) is 0 Å². The molecule has 0 fully saturated rings. The van der Waals surface area contributed by atoms with Crippen molar-refractivity contribution in [3.63, 3.8) is 0 Å². The number of rotatable bonds is 7. The van der Waals surface area contributed by atoms with Crippen molar-refractivity contribution in [2.24, 2.45) is 5.41 Å². The van der Waals surface area contributed by atoms with E-state index in [1.807, 2.05) is 12.1 Å². The first kappa shape index (κ1) is 21.1. The Hall–Kier alpha value is -2.24. The Morgan fingerprint density at radius 3 is 2.30 bits per heavy atom. The van der Waals surface area contributed by atoms with Crippen molar-refractivity contribution < 1.29 is 19.1 Å². The number of carbonyl (C=O) groups excluding carboxylic acids is 2. The van der Waals surface area contributed by atoms with Crippen LogP contribution in [-0.2, 0) is 22.6 Å². The minimum absolute atomic E-state index is 0.126. The minimum atomic E-state index is -1.07. The third-order valence-corrected chi connectivity index (χ3v) is 5.27. The minimum Gasteiger partial charge on any atom is -0.493 e. The van der Waals surface area contributed by atoms with Crippen LogP contribution in [0.2, 0.25) is 0 Å². The van der Waals surface area contributed by atoms with Crippen molar-refractivity contribution >= 4 is 11.8 Å². The molecule has 1 aliphatic rings. The Morgan fingerprint density at radius 2 is 1.74 bits per heavy atom. The Kier molecular flexibility index (Phi) is 6.73. The molecule has 150 valence electrons. The van der Waals surface area contributed by atoms with Gasteiger partial charge in [-0.05, 0) is 49.9 Å². The average molecular weight is 376 g/mol. The molecule has 0 N–H and O–H groups in total. The molecule has 6 nitrogen and oxygen atoms in total. The molecule has 0 spiro atoms. The van der Waals surface area contributed by atoms with E-state index >= 15 is 0 Å². The lowest BCUT2D eigenvalue weighted by molar-refractivity contribution is -0.154. The highest BCUT2D eigenvalue weighted by molar-refractivity contribution is 6.04. The molecular formula is C21H32N2O4. The van der Waals surface area contributed by atoms with E-state index in [-0.39, 0.29) is 11.8 Å². The molecule has 0 saturated heterocycles. The zero-order valence-electron chi connectivity index (χ0n) is 17.4. The van der Waals surface area contributed by atoms with Crippen LogP contribution in [0.4, 0.5) is 0 Å². The highest BCUT2D eigenvalue weighted by Crippen LogP contribution is 2.34. The molecule has 0 saturated carbocycles. The summed E-state index contributed by atoms with van der Waals surface area (Å²) in [4.78, 5) is 29.4. The van der Waals surface area contributed by atoms with E-state index in [1.165, 1.54) is 0 Å². The molecule has 1 aliphatic heterocycles. The largest absolute Gasteiger partial charge is 0.493 e. The summed E-state index contributed by atoms with van der Waals surface area (Å²) in [5.74, 6) is 1.10. The quantitative estimate of drug-likeness (QED) is 0.687. The number of methoxy groups -OCH3 is 2. The fourth-order valence-electron chi connectivity index (χ4n) is 3.52. The van der Waals surface area contributed by atoms with Gasteiger partial charge in [0.05, 0.1) is 14.2 Å². The summed E-state index contributed by atoms with van der Waals surface area (Å²) in [6, 6.07) is 3.90. The molecule has 0 radical (unpaired) electrons. The van der Waals surface area contributed by atoms with Crippen LogP contribution in [0.25, 0.3) is 0 Å². The lowest BCUT2D eigenvalue weighted by Crippen LogP contribution is -2.51. The SMILES string of the molecule is CCCCN(C)C(=O)C(C)(C)C(=O)N1CCc2cc(OC)c(OC)cc2C1. The van der Waals surface area contributed by atoms with E-state index in [0.717, 1.165) is 30.4 Å². The highest BCUT2D eigenvalue weighted by atomic mass is 16.5. The monoisotopic (exact) mass is 376 g/mol. The van der Waals surface area contributed by atoms with Gasteiger partial charge in [0.2, 0.25) is 11.8 Å². The fraction of sp³-hybridized carbons (Fsp3) is 0.619. The van der Waals surface area contributed by atoms with E-state index in [0.29, 0.717) is 31.1 Å². The van der Waals surface area contributed by atoms with Gasteiger partial charge < -0.3 is 19.3 Å². The topological polar surface area (TPSA) is 59.1 Å². The molecule has 27 heavy (non-hydrogen) atoms. The second-order valence-electron chi connectivity index (χ2n) is 7.66. The number of carbonyl (C=O) groups is 2. The van der Waals surface area contributed by atoms with Crippen molar-refractivity contribution in [3.8, 4) is 11.5 Å². The molecule has 1 aromatic rings. The van der Waals surface area contributed by atoms with Crippen molar-refractivity contribution in [1.29, 1.82) is 0 Å². The van der Waals surface area contributed by atoms with Crippen LogP contribution in [0.1, 0.15) is 44.7 Å². The second kappa shape index (κ2) is 8.63. The number of ether oxygens (including phenoxy) is 2. The summed E-state index contributed by atoms with van der Waals surface area (Å²) in [7, 11) is 4.99. The average Bonchev–Trinajstić information content (AvgIpc) is 2.68. The normalized spacial score (nSPS) is 13.8. The van der Waals surface area contributed by atoms with E-state index in [4.69, 9.17) is 9.47 Å². The van der Waals surface area contributed by atoms with Crippen molar-refractivity contribution in [3.05, 3.63) is 23.3 Å². The number of benzene rings is 1. The van der Waals surface area contributed by atoms with Crippen LogP contribution < -0.4 is 9.47 Å². The molecule has 0 aromatic heterocycles. The molecule has 0 aliphatic carbocycles. The summed E-state index contributed by atoms with van der Waals surface area (Å²) in [5, 5.41) is 0. The zero-order chi connectivity index (χ0) is 20.2. The third kappa shape index (κ3) is 4.37. The van der Waals surface area contributed by atoms with Gasteiger partial charge in [-0.2, -0.15) is 0 Å². The predicted molar refractivity (Wildman–Crippen MR) is 105 cm³/mol. The van der Waals surface area contributed by atoms with E-state index in [2.05, 4.69) is 6.92 Å². The van der Waals surface area contributed by atoms with Crippen molar-refractivity contribution in [2.45, 2.75) is 46.6 Å². The second-order valence-corrected chi connectivity index (χ2v) is 7.66. The Morgan fingerprint density at radius 1 is 1.15 bits per heavy atom. The number of amides is 2. The summed E-state index contributed by atoms with van der Waals surface area (Å²) >= 11 is 0. The lowest BCUT2D eigenvalue weighted by Gasteiger charge is -2.36. The van der Waals surface area contributed by atoms with E-state index in [1.54, 1.807) is 44.9 Å². The molecule has 0 atom stereocenters. The first-order valence-corrected chi connectivity index (χ1v) is 9.55. The molecule has 6 heteroatoms. The first-order valence-electron chi connectivity index (χ1n) is 9.55. The van der Waals surface area contributed by atoms with Gasteiger partial charge in [-0.15, -0.1) is 0 Å². The summed E-state index contributed by atoms with van der Waals surface area (Å²) in [6.07, 6.45) is 2.68. The van der Waals surface area contributed by atoms with E-state index < -0.39 is 5.41 Å². The van der Waals surface area contributed by atoms with Crippen LogP contribution in [-0.4, -0.2) is 56.0 Å². The van der Waals surface area contributed by atoms with Gasteiger partial charge in [0, 0.05) is 26.7 Å². The van der Waals surface area contributed by atoms with Gasteiger partial charge in [-0.1, -0.05) is 13.3 Å². The number of hydrogen-bond acceptors (Lipinski definition) is 4. The van der Waals surface area contributed by atoms with Crippen molar-refractivity contribution in [2.75, 3.05) is 34.4 Å². The van der Waals surface area contributed by atoms with Crippen LogP contribution in [0.5, 0.6) is 11.5 Å². The zero-order valence-corrected chi connectivity index (χ0v) is 17.4. The smallest absolute Gasteiger partial charge is 0.238 e. The van der Waals surface area contributed by atoms with Crippen LogP contribution >= 0.6 is 0 Å². The van der Waals surface area contributed by atoms with Crippen molar-refractivity contribution in [1.82, 2.24) is 9.80 Å². The lowest BCUT2D eigenvalue weighted by atomic mass is 9.88. The van der Waals surface area contributed by atoms with Gasteiger partial charge in [0.25, 0.3) is 0 Å². The number of unbranched alkanes of at least 4 members (excludes halogenated alkanes) is 1. The van der Waals surface area contributed by atoms with Crippen LogP contribution in [0, 0.1) is 5.41 Å². The van der Waals surface area contributed by atoms with Crippen LogP contribution in [0.3, 0.4) is 0 Å². The third-order valence-electron chi connectivity index (χ3n) is 5.27. The number of hydrogen-bond donors (Lipinski definition) is 0. The molecule has 2 rings (SSSR count). The van der Waals surface area contributed by atoms with Crippen LogP contribution in [0.15, 0.2) is 12.1 Å². The summed E-state index contributed by atoms with van der Waals surface area (Å²) in [5.41, 5.74) is 1.12. The van der Waals surface area contributed by atoms with Gasteiger partial charge >= 0.3 is 0 Å². The maximum absolute atomic E-state index is 13.1. The standard InChI is InChI=1S/C21H32N2O4/c1-7-8-10-22(4)19(24)21(2,3)20(25)23-11-9-15-12-17(26-5)18(27-6)13-16(15)14-23/h12-13H,7-11,14H2,1-6H3. The number of nitrogens with zero attached hydrogens (tertiary/aromatic N) is 2. The summed E-state index contributed by atoms with van der Waals surface area (Å²) < 4.78 is 10.7. The highest BCUT2D eigenvalue weighted by Gasteiger charge is 2.41. The molecule has 0 unspecified atom stereocenters. The van der Waals surface area contributed by atoms with E-state index in [9.17, 15) is 9.59 Å². The summed E-state index contributed by atoms with van der Waals surface area (Å²) in [6.45, 7) is 7.28. The molecule has 1 heterocycles. The molecular weight excluding hydrogens is 344 g/mol. The molecule has 0 bridgehead atoms. The first-order chi connectivity index (χ1) is 12.8. The molecule has 2 amide bonds.